The molecule has 90 valence electrons. The zero-order valence-electron chi connectivity index (χ0n) is 9.73. The Balaban J connectivity index is 1.90. The summed E-state index contributed by atoms with van der Waals surface area (Å²) in [6, 6.07) is 6.82. The van der Waals surface area contributed by atoms with E-state index in [-0.39, 0.29) is 5.82 Å². The van der Waals surface area contributed by atoms with Gasteiger partial charge in [-0.3, -0.25) is 0 Å². The summed E-state index contributed by atoms with van der Waals surface area (Å²) < 4.78 is 15.1. The van der Waals surface area contributed by atoms with Gasteiger partial charge in [-0.1, -0.05) is 23.4 Å². The van der Waals surface area contributed by atoms with Gasteiger partial charge in [-0.15, -0.1) is 5.10 Å². The topological polar surface area (TPSA) is 42.7 Å². The van der Waals surface area contributed by atoms with Crippen LogP contribution in [0.15, 0.2) is 30.5 Å². The highest BCUT2D eigenvalue weighted by atomic mass is 19.1. The number of nitrogens with zero attached hydrogens (tertiary/aromatic N) is 3. The van der Waals surface area contributed by atoms with Gasteiger partial charge in [-0.05, 0) is 25.0 Å². The number of hydrogen-bond donors (Lipinski definition) is 1. The summed E-state index contributed by atoms with van der Waals surface area (Å²) >= 11 is 0. The second-order valence-corrected chi connectivity index (χ2v) is 3.70. The van der Waals surface area contributed by atoms with Crippen molar-refractivity contribution < 1.29 is 4.39 Å². The molecule has 0 bridgehead atoms. The van der Waals surface area contributed by atoms with E-state index in [1.165, 1.54) is 6.07 Å². The van der Waals surface area contributed by atoms with E-state index in [2.05, 4.69) is 15.6 Å². The first-order chi connectivity index (χ1) is 8.31. The van der Waals surface area contributed by atoms with Crippen molar-refractivity contribution in [2.45, 2.75) is 19.9 Å². The minimum Gasteiger partial charge on any atom is -0.369 e. The zero-order chi connectivity index (χ0) is 12.1. The summed E-state index contributed by atoms with van der Waals surface area (Å²) in [6.07, 6.45) is 2.31. The van der Waals surface area contributed by atoms with Crippen LogP contribution in [-0.4, -0.2) is 21.5 Å². The van der Waals surface area contributed by atoms with Crippen molar-refractivity contribution >= 4 is 5.82 Å². The molecule has 2 aromatic rings. The van der Waals surface area contributed by atoms with Crippen LogP contribution in [0.25, 0.3) is 0 Å². The molecule has 0 aliphatic rings. The molecular formula is C12H15FN4. The van der Waals surface area contributed by atoms with E-state index in [9.17, 15) is 4.39 Å². The van der Waals surface area contributed by atoms with Gasteiger partial charge in [0.1, 0.15) is 11.6 Å². The summed E-state index contributed by atoms with van der Waals surface area (Å²) in [7, 11) is 0. The molecule has 1 aromatic heterocycles. The van der Waals surface area contributed by atoms with E-state index < -0.39 is 0 Å². The van der Waals surface area contributed by atoms with Crippen LogP contribution >= 0.6 is 0 Å². The highest BCUT2D eigenvalue weighted by Crippen LogP contribution is 2.08. The van der Waals surface area contributed by atoms with Gasteiger partial charge in [0.2, 0.25) is 0 Å². The molecule has 2 rings (SSSR count). The molecular weight excluding hydrogens is 219 g/mol. The Bertz CT molecular complexity index is 481. The molecule has 5 heteroatoms. The van der Waals surface area contributed by atoms with Gasteiger partial charge in [0, 0.05) is 13.1 Å². The lowest BCUT2D eigenvalue weighted by atomic mass is 10.1. The molecule has 17 heavy (non-hydrogen) atoms. The number of nitrogens with one attached hydrogen (secondary N) is 1. The number of rotatable bonds is 5. The second-order valence-electron chi connectivity index (χ2n) is 3.70. The van der Waals surface area contributed by atoms with Crippen molar-refractivity contribution in [3.8, 4) is 0 Å². The number of anilines is 1. The van der Waals surface area contributed by atoms with Crippen molar-refractivity contribution in [3.05, 3.63) is 41.8 Å². The predicted octanol–water partition coefficient (Wildman–Crippen LogP) is 2.09. The zero-order valence-corrected chi connectivity index (χ0v) is 9.73. The maximum absolute atomic E-state index is 13.3. The van der Waals surface area contributed by atoms with Crippen LogP contribution in [0.1, 0.15) is 12.5 Å². The van der Waals surface area contributed by atoms with Crippen LogP contribution < -0.4 is 5.32 Å². The van der Waals surface area contributed by atoms with E-state index in [0.29, 0.717) is 13.0 Å². The SMILES string of the molecule is CCn1nncc1NCCc1ccccc1F. The molecule has 0 saturated carbocycles. The monoisotopic (exact) mass is 234 g/mol. The first kappa shape index (κ1) is 11.6. The number of aryl methyl sites for hydroxylation is 1. The van der Waals surface area contributed by atoms with Crippen molar-refractivity contribution in [2.24, 2.45) is 0 Å². The molecule has 0 aliphatic carbocycles. The normalized spacial score (nSPS) is 10.5. The molecule has 0 atom stereocenters. The van der Waals surface area contributed by atoms with Crippen LogP contribution in [0.4, 0.5) is 10.2 Å². The van der Waals surface area contributed by atoms with Gasteiger partial charge in [-0.25, -0.2) is 9.07 Å². The maximum Gasteiger partial charge on any atom is 0.144 e. The second kappa shape index (κ2) is 5.43. The highest BCUT2D eigenvalue weighted by Gasteiger charge is 2.03. The maximum atomic E-state index is 13.3. The third kappa shape index (κ3) is 2.81. The molecule has 1 heterocycles. The molecule has 0 radical (unpaired) electrons. The third-order valence-electron chi connectivity index (χ3n) is 2.58. The molecule has 1 N–H and O–H groups in total. The molecule has 0 fully saturated rings. The number of benzene rings is 1. The Morgan fingerprint density at radius 3 is 2.94 bits per heavy atom. The number of halogens is 1. The van der Waals surface area contributed by atoms with E-state index in [4.69, 9.17) is 0 Å². The van der Waals surface area contributed by atoms with Crippen molar-refractivity contribution in [3.63, 3.8) is 0 Å². The Morgan fingerprint density at radius 1 is 1.35 bits per heavy atom. The molecule has 0 saturated heterocycles. The predicted molar refractivity (Wildman–Crippen MR) is 64.3 cm³/mol. The highest BCUT2D eigenvalue weighted by molar-refractivity contribution is 5.31. The van der Waals surface area contributed by atoms with Crippen LogP contribution in [0.3, 0.4) is 0 Å². The van der Waals surface area contributed by atoms with Crippen LogP contribution in [0, 0.1) is 5.82 Å². The Morgan fingerprint density at radius 2 is 2.18 bits per heavy atom. The average Bonchev–Trinajstić information content (AvgIpc) is 2.79. The van der Waals surface area contributed by atoms with Gasteiger partial charge < -0.3 is 5.32 Å². The van der Waals surface area contributed by atoms with Gasteiger partial charge in [0.25, 0.3) is 0 Å². The molecule has 0 spiro atoms. The van der Waals surface area contributed by atoms with Crippen LogP contribution in [0.5, 0.6) is 0 Å². The van der Waals surface area contributed by atoms with Crippen molar-refractivity contribution in [2.75, 3.05) is 11.9 Å². The average molecular weight is 234 g/mol. The summed E-state index contributed by atoms with van der Waals surface area (Å²) in [4.78, 5) is 0. The Hall–Kier alpha value is -1.91. The summed E-state index contributed by atoms with van der Waals surface area (Å²) in [5.41, 5.74) is 0.718. The summed E-state index contributed by atoms with van der Waals surface area (Å²) in [6.45, 7) is 3.42. The molecule has 0 amide bonds. The van der Waals surface area contributed by atoms with Crippen LogP contribution in [0.2, 0.25) is 0 Å². The van der Waals surface area contributed by atoms with Gasteiger partial charge in [0.15, 0.2) is 0 Å². The van der Waals surface area contributed by atoms with Crippen molar-refractivity contribution in [1.82, 2.24) is 15.0 Å². The lowest BCUT2D eigenvalue weighted by molar-refractivity contribution is 0.609. The van der Waals surface area contributed by atoms with Crippen LogP contribution in [-0.2, 0) is 13.0 Å². The molecule has 1 aromatic carbocycles. The van der Waals surface area contributed by atoms with Gasteiger partial charge in [-0.2, -0.15) is 0 Å². The number of hydrogen-bond acceptors (Lipinski definition) is 3. The van der Waals surface area contributed by atoms with E-state index in [1.807, 2.05) is 13.0 Å². The number of aromatic nitrogens is 3. The van der Waals surface area contributed by atoms with Crippen molar-refractivity contribution in [1.29, 1.82) is 0 Å². The summed E-state index contributed by atoms with van der Waals surface area (Å²) in [5.74, 6) is 0.709. The molecule has 4 nitrogen and oxygen atoms in total. The largest absolute Gasteiger partial charge is 0.369 e. The minimum absolute atomic E-state index is 0.156. The summed E-state index contributed by atoms with van der Waals surface area (Å²) in [5, 5.41) is 10.9. The Kier molecular flexibility index (Phi) is 3.69. The van der Waals surface area contributed by atoms with Gasteiger partial charge in [0.05, 0.1) is 6.20 Å². The smallest absolute Gasteiger partial charge is 0.144 e. The Labute approximate surface area is 99.5 Å². The first-order valence-corrected chi connectivity index (χ1v) is 5.67. The fourth-order valence-corrected chi connectivity index (χ4v) is 1.65. The fraction of sp³-hybridized carbons (Fsp3) is 0.333. The first-order valence-electron chi connectivity index (χ1n) is 5.67. The quantitative estimate of drug-likeness (QED) is 0.861. The van der Waals surface area contributed by atoms with E-state index >= 15 is 0 Å². The standard InChI is InChI=1S/C12H15FN4/c1-2-17-12(9-15-16-17)14-8-7-10-5-3-4-6-11(10)13/h3-6,9,14H,2,7-8H2,1H3. The van der Waals surface area contributed by atoms with E-state index in [1.54, 1.807) is 23.0 Å². The molecule has 0 unspecified atom stereocenters. The lowest BCUT2D eigenvalue weighted by Gasteiger charge is -2.07. The minimum atomic E-state index is -0.156. The third-order valence-corrected chi connectivity index (χ3v) is 2.58. The van der Waals surface area contributed by atoms with Gasteiger partial charge >= 0.3 is 0 Å². The lowest BCUT2D eigenvalue weighted by Crippen LogP contribution is -2.10. The van der Waals surface area contributed by atoms with E-state index in [0.717, 1.165) is 17.9 Å². The molecule has 0 aliphatic heterocycles. The fourth-order valence-electron chi connectivity index (χ4n) is 1.65.